The zero-order chi connectivity index (χ0) is 20.1. The van der Waals surface area contributed by atoms with Crippen LogP contribution in [0.15, 0.2) is 30.7 Å². The Balaban J connectivity index is 1.71. The molecule has 0 spiro atoms. The van der Waals surface area contributed by atoms with Gasteiger partial charge in [-0.1, -0.05) is 26.8 Å². The summed E-state index contributed by atoms with van der Waals surface area (Å²) in [7, 11) is 1.85. The Hall–Kier alpha value is -2.90. The molecule has 2 aromatic heterocycles. The van der Waals surface area contributed by atoms with Crippen molar-refractivity contribution in [3.63, 3.8) is 0 Å². The van der Waals surface area contributed by atoms with Gasteiger partial charge >= 0.3 is 6.09 Å². The van der Waals surface area contributed by atoms with Gasteiger partial charge in [0, 0.05) is 25.5 Å². The number of carbonyl (C=O) groups is 1. The molecule has 0 aromatic carbocycles. The summed E-state index contributed by atoms with van der Waals surface area (Å²) in [5.41, 5.74) is 2.02. The number of rotatable bonds is 3. The van der Waals surface area contributed by atoms with Crippen molar-refractivity contribution in [3.05, 3.63) is 36.4 Å². The van der Waals surface area contributed by atoms with E-state index in [9.17, 15) is 9.90 Å². The van der Waals surface area contributed by atoms with Gasteiger partial charge in [0.1, 0.15) is 0 Å². The molecule has 2 N–H and O–H groups in total. The van der Waals surface area contributed by atoms with Gasteiger partial charge in [-0.05, 0) is 36.3 Å². The van der Waals surface area contributed by atoms with Gasteiger partial charge in [-0.15, -0.1) is 0 Å². The van der Waals surface area contributed by atoms with Crippen LogP contribution in [-0.2, 0) is 7.05 Å². The highest BCUT2D eigenvalue weighted by Crippen LogP contribution is 2.53. The number of aryl methyl sites for hydroxylation is 1. The van der Waals surface area contributed by atoms with Gasteiger partial charge in [0.05, 0.1) is 23.1 Å². The first-order valence-corrected chi connectivity index (χ1v) is 9.53. The summed E-state index contributed by atoms with van der Waals surface area (Å²) in [6, 6.07) is 1.88. The molecule has 8 nitrogen and oxygen atoms in total. The fourth-order valence-electron chi connectivity index (χ4n) is 4.57. The van der Waals surface area contributed by atoms with Crippen molar-refractivity contribution in [2.45, 2.75) is 51.6 Å². The van der Waals surface area contributed by atoms with Crippen molar-refractivity contribution < 1.29 is 9.90 Å². The molecule has 4 heterocycles. The Morgan fingerprint density at radius 1 is 1.39 bits per heavy atom. The SMILES string of the molecule is Cn1cc(Nc2nccc(C3=CC4(C(C)(C)C)CCC(C3)N4C(=O)O)n2)cn1. The lowest BCUT2D eigenvalue weighted by atomic mass is 9.70. The predicted octanol–water partition coefficient (Wildman–Crippen LogP) is 3.67. The molecule has 2 aliphatic heterocycles. The summed E-state index contributed by atoms with van der Waals surface area (Å²) in [4.78, 5) is 22.7. The van der Waals surface area contributed by atoms with E-state index >= 15 is 0 Å². The van der Waals surface area contributed by atoms with E-state index in [1.807, 2.05) is 19.3 Å². The molecule has 1 fully saturated rings. The van der Waals surface area contributed by atoms with E-state index in [2.05, 4.69) is 47.2 Å². The third-order valence-corrected chi connectivity index (χ3v) is 5.97. The molecule has 2 atom stereocenters. The predicted molar refractivity (Wildman–Crippen MR) is 106 cm³/mol. The molecule has 28 heavy (non-hydrogen) atoms. The standard InChI is InChI=1S/C20H26N6O2/c1-19(2,3)20-7-5-15(26(20)18(27)28)9-13(10-20)16-6-8-21-17(24-16)23-14-11-22-25(4)12-14/h6,8,10-12,15H,5,7,9H2,1-4H3,(H,27,28)(H,21,23,24). The third kappa shape index (κ3) is 2.93. The maximum Gasteiger partial charge on any atom is 0.408 e. The van der Waals surface area contributed by atoms with Crippen molar-refractivity contribution in [1.82, 2.24) is 24.6 Å². The first-order chi connectivity index (χ1) is 13.2. The molecular weight excluding hydrogens is 356 g/mol. The lowest BCUT2D eigenvalue weighted by molar-refractivity contribution is 0.0417. The van der Waals surface area contributed by atoms with Crippen LogP contribution >= 0.6 is 0 Å². The van der Waals surface area contributed by atoms with Crippen molar-refractivity contribution in [3.8, 4) is 0 Å². The van der Waals surface area contributed by atoms with E-state index in [1.54, 1.807) is 22.0 Å². The van der Waals surface area contributed by atoms with Crippen molar-refractivity contribution in [1.29, 1.82) is 0 Å². The second kappa shape index (κ2) is 6.32. The summed E-state index contributed by atoms with van der Waals surface area (Å²) in [5, 5.41) is 17.2. The lowest BCUT2D eigenvalue weighted by Gasteiger charge is -2.49. The van der Waals surface area contributed by atoms with E-state index < -0.39 is 11.6 Å². The van der Waals surface area contributed by atoms with Crippen LogP contribution in [0.2, 0.25) is 0 Å². The quantitative estimate of drug-likeness (QED) is 0.841. The molecular formula is C20H26N6O2. The molecule has 0 saturated carbocycles. The van der Waals surface area contributed by atoms with Crippen LogP contribution in [-0.4, -0.2) is 47.4 Å². The molecule has 1 saturated heterocycles. The van der Waals surface area contributed by atoms with Crippen LogP contribution in [0.3, 0.4) is 0 Å². The largest absolute Gasteiger partial charge is 0.465 e. The van der Waals surface area contributed by atoms with Gasteiger partial charge < -0.3 is 10.4 Å². The van der Waals surface area contributed by atoms with Gasteiger partial charge in [0.2, 0.25) is 5.95 Å². The number of fused-ring (bicyclic) bond motifs is 2. The van der Waals surface area contributed by atoms with Crippen molar-refractivity contribution in [2.24, 2.45) is 12.5 Å². The molecule has 8 heteroatoms. The van der Waals surface area contributed by atoms with E-state index in [0.29, 0.717) is 12.4 Å². The van der Waals surface area contributed by atoms with Gasteiger partial charge in [-0.2, -0.15) is 5.10 Å². The number of carboxylic acid groups (broad SMARTS) is 1. The third-order valence-electron chi connectivity index (χ3n) is 5.97. The molecule has 4 rings (SSSR count). The summed E-state index contributed by atoms with van der Waals surface area (Å²) >= 11 is 0. The van der Waals surface area contributed by atoms with Crippen molar-refractivity contribution in [2.75, 3.05) is 5.32 Å². The Kier molecular flexibility index (Phi) is 4.17. The van der Waals surface area contributed by atoms with E-state index in [4.69, 9.17) is 0 Å². The van der Waals surface area contributed by atoms with Crippen LogP contribution in [0.25, 0.3) is 5.57 Å². The van der Waals surface area contributed by atoms with Gasteiger partial charge in [0.25, 0.3) is 0 Å². The Labute approximate surface area is 164 Å². The minimum Gasteiger partial charge on any atom is -0.465 e. The second-order valence-electron chi connectivity index (χ2n) is 8.69. The minimum absolute atomic E-state index is 0.0126. The zero-order valence-corrected chi connectivity index (χ0v) is 16.7. The van der Waals surface area contributed by atoms with Crippen LogP contribution in [0.5, 0.6) is 0 Å². The summed E-state index contributed by atoms with van der Waals surface area (Å²) in [6.07, 6.45) is 8.99. The fourth-order valence-corrected chi connectivity index (χ4v) is 4.57. The highest BCUT2D eigenvalue weighted by molar-refractivity contribution is 5.75. The second-order valence-corrected chi connectivity index (χ2v) is 8.69. The maximum atomic E-state index is 12.0. The molecule has 1 amide bonds. The van der Waals surface area contributed by atoms with Crippen LogP contribution in [0, 0.1) is 5.41 Å². The average molecular weight is 382 g/mol. The normalized spacial score (nSPS) is 24.2. The number of nitrogens with zero attached hydrogens (tertiary/aromatic N) is 5. The highest BCUT2D eigenvalue weighted by Gasteiger charge is 2.56. The first kappa shape index (κ1) is 18.5. The molecule has 0 radical (unpaired) electrons. The Morgan fingerprint density at radius 2 is 2.18 bits per heavy atom. The number of hydrogen-bond acceptors (Lipinski definition) is 5. The van der Waals surface area contributed by atoms with E-state index in [1.165, 1.54) is 0 Å². The Morgan fingerprint density at radius 3 is 2.82 bits per heavy atom. The lowest BCUT2D eigenvalue weighted by Crippen LogP contribution is -2.58. The molecule has 148 valence electrons. The van der Waals surface area contributed by atoms with E-state index in [0.717, 1.165) is 29.8 Å². The van der Waals surface area contributed by atoms with Gasteiger partial charge in [-0.25, -0.2) is 14.8 Å². The molecule has 2 aromatic rings. The molecule has 2 aliphatic rings. The highest BCUT2D eigenvalue weighted by atomic mass is 16.4. The van der Waals surface area contributed by atoms with Crippen LogP contribution < -0.4 is 5.32 Å². The fraction of sp³-hybridized carbons (Fsp3) is 0.500. The number of aromatic nitrogens is 4. The van der Waals surface area contributed by atoms with E-state index in [-0.39, 0.29) is 11.5 Å². The Bertz CT molecular complexity index is 944. The van der Waals surface area contributed by atoms with Crippen molar-refractivity contribution >= 4 is 23.3 Å². The first-order valence-electron chi connectivity index (χ1n) is 9.53. The summed E-state index contributed by atoms with van der Waals surface area (Å²) in [6.45, 7) is 6.33. The van der Waals surface area contributed by atoms with Gasteiger partial charge in [0.15, 0.2) is 0 Å². The number of amides is 1. The molecule has 2 bridgehead atoms. The van der Waals surface area contributed by atoms with Crippen LogP contribution in [0.1, 0.15) is 45.7 Å². The maximum absolute atomic E-state index is 12.0. The number of nitrogens with one attached hydrogen (secondary N) is 1. The smallest absolute Gasteiger partial charge is 0.408 e. The molecule has 0 aliphatic carbocycles. The minimum atomic E-state index is -0.839. The number of hydrogen-bond donors (Lipinski definition) is 2. The summed E-state index contributed by atoms with van der Waals surface area (Å²) in [5.74, 6) is 0.504. The number of anilines is 2. The average Bonchev–Trinajstić information content (AvgIpc) is 3.13. The zero-order valence-electron chi connectivity index (χ0n) is 16.7. The monoisotopic (exact) mass is 382 g/mol. The molecule has 2 unspecified atom stereocenters. The topological polar surface area (TPSA) is 96.2 Å². The summed E-state index contributed by atoms with van der Waals surface area (Å²) < 4.78 is 1.71. The van der Waals surface area contributed by atoms with Gasteiger partial charge in [-0.3, -0.25) is 9.58 Å². The van der Waals surface area contributed by atoms with Crippen LogP contribution in [0.4, 0.5) is 16.4 Å².